The van der Waals surface area contributed by atoms with E-state index in [4.69, 9.17) is 12.2 Å². The number of aromatic nitrogens is 3. The number of aromatic amines is 1. The van der Waals surface area contributed by atoms with Crippen LogP contribution in [0.3, 0.4) is 0 Å². The van der Waals surface area contributed by atoms with E-state index < -0.39 is 12.0 Å². The molecular formula is C19H19F2N3OS. The van der Waals surface area contributed by atoms with Gasteiger partial charge in [0.25, 0.3) is 12.0 Å². The average molecular weight is 375 g/mol. The van der Waals surface area contributed by atoms with Crippen molar-refractivity contribution in [3.8, 4) is 11.3 Å². The van der Waals surface area contributed by atoms with Crippen LogP contribution in [-0.2, 0) is 0 Å². The molecule has 0 aliphatic heterocycles. The molecule has 0 spiro atoms. The van der Waals surface area contributed by atoms with E-state index in [0.717, 1.165) is 12.0 Å². The third-order valence-corrected chi connectivity index (χ3v) is 4.84. The predicted octanol–water partition coefficient (Wildman–Crippen LogP) is 5.34. The van der Waals surface area contributed by atoms with Crippen molar-refractivity contribution in [3.05, 3.63) is 56.6 Å². The van der Waals surface area contributed by atoms with E-state index in [0.29, 0.717) is 11.3 Å². The van der Waals surface area contributed by atoms with Crippen molar-refractivity contribution in [2.75, 3.05) is 0 Å². The first-order chi connectivity index (χ1) is 12.3. The molecular weight excluding hydrogens is 356 g/mol. The standard InChI is InChI=1S/C19H19F2N3OS/c1-4-11(3)24-17-15(18(25)23-19(24)26)13(16(20)21)9-14(22-17)12-7-5-10(2)6-8-12/h5-9,11,16H,4H2,1-3H3,(H,23,25,26). The number of H-pyrrole nitrogens is 1. The van der Waals surface area contributed by atoms with Crippen LogP contribution < -0.4 is 5.56 Å². The Balaban J connectivity index is 2.45. The summed E-state index contributed by atoms with van der Waals surface area (Å²) in [4.78, 5) is 19.4. The highest BCUT2D eigenvalue weighted by atomic mass is 32.1. The van der Waals surface area contributed by atoms with Gasteiger partial charge in [0.2, 0.25) is 0 Å². The molecule has 0 radical (unpaired) electrons. The molecule has 0 saturated heterocycles. The minimum Gasteiger partial charge on any atom is -0.300 e. The Morgan fingerprint density at radius 3 is 2.50 bits per heavy atom. The van der Waals surface area contributed by atoms with E-state index in [1.165, 1.54) is 6.07 Å². The van der Waals surface area contributed by atoms with Gasteiger partial charge in [-0.25, -0.2) is 13.8 Å². The fourth-order valence-electron chi connectivity index (χ4n) is 2.91. The van der Waals surface area contributed by atoms with Crippen LogP contribution in [-0.4, -0.2) is 14.5 Å². The summed E-state index contributed by atoms with van der Waals surface area (Å²) in [6.45, 7) is 5.82. The molecule has 1 unspecified atom stereocenters. The Kier molecular flexibility index (Phi) is 5.00. The highest BCUT2D eigenvalue weighted by Gasteiger charge is 2.21. The molecule has 0 fully saturated rings. The molecule has 2 heterocycles. The zero-order chi connectivity index (χ0) is 19.0. The van der Waals surface area contributed by atoms with Gasteiger partial charge in [-0.15, -0.1) is 0 Å². The molecule has 7 heteroatoms. The van der Waals surface area contributed by atoms with Crippen molar-refractivity contribution in [2.45, 2.75) is 39.7 Å². The largest absolute Gasteiger partial charge is 0.300 e. The molecule has 0 aliphatic carbocycles. The normalized spacial score (nSPS) is 12.7. The lowest BCUT2D eigenvalue weighted by molar-refractivity contribution is 0.153. The summed E-state index contributed by atoms with van der Waals surface area (Å²) >= 11 is 5.28. The maximum absolute atomic E-state index is 13.7. The second kappa shape index (κ2) is 7.07. The quantitative estimate of drug-likeness (QED) is 0.627. The molecule has 2 aromatic heterocycles. The van der Waals surface area contributed by atoms with E-state index >= 15 is 0 Å². The number of fused-ring (bicyclic) bond motifs is 1. The minimum absolute atomic E-state index is 0.0897. The number of benzene rings is 1. The molecule has 136 valence electrons. The van der Waals surface area contributed by atoms with Gasteiger partial charge < -0.3 is 0 Å². The van der Waals surface area contributed by atoms with Crippen LogP contribution in [0.5, 0.6) is 0 Å². The molecule has 3 rings (SSSR count). The SMILES string of the molecule is CCC(C)n1c(=S)[nH]c(=O)c2c(C(F)F)cc(-c3ccc(C)cc3)nc21. The summed E-state index contributed by atoms with van der Waals surface area (Å²) in [5.41, 5.74) is 1.39. The third-order valence-electron chi connectivity index (χ3n) is 4.54. The second-order valence-corrected chi connectivity index (χ2v) is 6.74. The minimum atomic E-state index is -2.80. The Morgan fingerprint density at radius 1 is 1.27 bits per heavy atom. The van der Waals surface area contributed by atoms with Crippen LogP contribution in [0.1, 0.15) is 43.9 Å². The Morgan fingerprint density at radius 2 is 1.92 bits per heavy atom. The number of hydrogen-bond donors (Lipinski definition) is 1. The first-order valence-corrected chi connectivity index (χ1v) is 8.79. The summed E-state index contributed by atoms with van der Waals surface area (Å²) in [6.07, 6.45) is -2.08. The van der Waals surface area contributed by atoms with Crippen LogP contribution in [0.15, 0.2) is 35.1 Å². The van der Waals surface area contributed by atoms with Gasteiger partial charge in [0.05, 0.1) is 11.1 Å². The molecule has 1 aromatic carbocycles. The highest BCUT2D eigenvalue weighted by molar-refractivity contribution is 7.71. The number of halogens is 2. The van der Waals surface area contributed by atoms with Gasteiger partial charge in [-0.2, -0.15) is 0 Å². The number of alkyl halides is 2. The first kappa shape index (κ1) is 18.4. The van der Waals surface area contributed by atoms with E-state index in [9.17, 15) is 13.6 Å². The molecule has 1 atom stereocenters. The first-order valence-electron chi connectivity index (χ1n) is 8.38. The van der Waals surface area contributed by atoms with Crippen molar-refractivity contribution in [2.24, 2.45) is 0 Å². The summed E-state index contributed by atoms with van der Waals surface area (Å²) in [5.74, 6) is 0. The van der Waals surface area contributed by atoms with Crippen molar-refractivity contribution >= 4 is 23.3 Å². The summed E-state index contributed by atoms with van der Waals surface area (Å²) in [7, 11) is 0. The monoisotopic (exact) mass is 375 g/mol. The zero-order valence-corrected chi connectivity index (χ0v) is 15.5. The summed E-state index contributed by atoms with van der Waals surface area (Å²) in [6, 6.07) is 8.64. The molecule has 26 heavy (non-hydrogen) atoms. The summed E-state index contributed by atoms with van der Waals surface area (Å²) in [5, 5.41) is -0.107. The van der Waals surface area contributed by atoms with Gasteiger partial charge in [0.1, 0.15) is 5.65 Å². The topological polar surface area (TPSA) is 50.7 Å². The number of nitrogens with one attached hydrogen (secondary N) is 1. The fourth-order valence-corrected chi connectivity index (χ4v) is 3.27. The van der Waals surface area contributed by atoms with Crippen LogP contribution in [0.25, 0.3) is 22.3 Å². The van der Waals surface area contributed by atoms with Gasteiger partial charge in [-0.1, -0.05) is 36.8 Å². The van der Waals surface area contributed by atoms with Crippen LogP contribution in [0.4, 0.5) is 8.78 Å². The van der Waals surface area contributed by atoms with Gasteiger partial charge in [0, 0.05) is 17.2 Å². The predicted molar refractivity (Wildman–Crippen MR) is 101 cm³/mol. The third kappa shape index (κ3) is 3.19. The van der Waals surface area contributed by atoms with Gasteiger partial charge in [-0.05, 0) is 38.6 Å². The van der Waals surface area contributed by atoms with Gasteiger partial charge in [-0.3, -0.25) is 14.3 Å². The summed E-state index contributed by atoms with van der Waals surface area (Å²) < 4.78 is 29.3. The van der Waals surface area contributed by atoms with Gasteiger partial charge >= 0.3 is 0 Å². The van der Waals surface area contributed by atoms with Gasteiger partial charge in [0.15, 0.2) is 4.77 Å². The van der Waals surface area contributed by atoms with Crippen molar-refractivity contribution in [1.82, 2.24) is 14.5 Å². The molecule has 4 nitrogen and oxygen atoms in total. The maximum Gasteiger partial charge on any atom is 0.264 e. The smallest absolute Gasteiger partial charge is 0.264 e. The van der Waals surface area contributed by atoms with Crippen molar-refractivity contribution in [1.29, 1.82) is 0 Å². The number of aryl methyl sites for hydroxylation is 1. The van der Waals surface area contributed by atoms with E-state index in [1.54, 1.807) is 4.57 Å². The molecule has 3 aromatic rings. The van der Waals surface area contributed by atoms with Crippen LogP contribution >= 0.6 is 12.2 Å². The lowest BCUT2D eigenvalue weighted by atomic mass is 10.1. The van der Waals surface area contributed by atoms with Crippen molar-refractivity contribution < 1.29 is 8.78 Å². The van der Waals surface area contributed by atoms with Crippen LogP contribution in [0, 0.1) is 11.7 Å². The van der Waals surface area contributed by atoms with Crippen molar-refractivity contribution in [3.63, 3.8) is 0 Å². The lowest BCUT2D eigenvalue weighted by Gasteiger charge is -2.18. The highest BCUT2D eigenvalue weighted by Crippen LogP contribution is 2.30. The number of nitrogens with zero attached hydrogens (tertiary/aromatic N) is 2. The maximum atomic E-state index is 13.7. The zero-order valence-electron chi connectivity index (χ0n) is 14.7. The lowest BCUT2D eigenvalue weighted by Crippen LogP contribution is -2.19. The Labute approximate surface area is 154 Å². The molecule has 1 N–H and O–H groups in total. The molecule has 0 amide bonds. The number of rotatable bonds is 4. The van der Waals surface area contributed by atoms with E-state index in [2.05, 4.69) is 9.97 Å². The van der Waals surface area contributed by atoms with Crippen LogP contribution in [0.2, 0.25) is 0 Å². The Hall–Kier alpha value is -2.41. The number of hydrogen-bond acceptors (Lipinski definition) is 3. The second-order valence-electron chi connectivity index (χ2n) is 6.35. The van der Waals surface area contributed by atoms with E-state index in [-0.39, 0.29) is 27.4 Å². The van der Waals surface area contributed by atoms with E-state index in [1.807, 2.05) is 45.0 Å². The average Bonchev–Trinajstić information content (AvgIpc) is 2.60. The fraction of sp³-hybridized carbons (Fsp3) is 0.316. The Bertz CT molecular complexity index is 1070. The molecule has 0 saturated carbocycles. The number of pyridine rings is 1. The molecule has 0 aliphatic rings. The molecule has 0 bridgehead atoms.